The van der Waals surface area contributed by atoms with E-state index in [9.17, 15) is 22.8 Å². The van der Waals surface area contributed by atoms with Crippen molar-refractivity contribution in [2.24, 2.45) is 9.98 Å². The number of hydrogen-bond donors (Lipinski definition) is 1. The molecule has 1 heterocycles. The highest BCUT2D eigenvalue weighted by atomic mass is 32.2. The summed E-state index contributed by atoms with van der Waals surface area (Å²) in [5.74, 6) is -0.286. The number of nitrogens with zero attached hydrogens (tertiary/aromatic N) is 2. The van der Waals surface area contributed by atoms with Crippen molar-refractivity contribution in [2.75, 3.05) is 11.1 Å². The molecule has 1 aliphatic rings. The Kier molecular flexibility index (Phi) is 9.09. The van der Waals surface area contributed by atoms with Gasteiger partial charge in [0.25, 0.3) is 0 Å². The largest absolute Gasteiger partial charge is 0.573 e. The van der Waals surface area contributed by atoms with Gasteiger partial charge in [-0.15, -0.1) is 24.9 Å². The number of carbonyl (C=O) groups is 2. The van der Waals surface area contributed by atoms with Crippen LogP contribution in [0.15, 0.2) is 76.7 Å². The van der Waals surface area contributed by atoms with Crippen LogP contribution in [-0.4, -0.2) is 35.2 Å². The Labute approximate surface area is 234 Å². The fourth-order valence-corrected chi connectivity index (χ4v) is 5.31. The molecule has 0 aromatic heterocycles. The Hall–Kier alpha value is -3.92. The third-order valence-corrected chi connectivity index (χ3v) is 7.20. The van der Waals surface area contributed by atoms with E-state index in [1.807, 2.05) is 25.1 Å². The highest BCUT2D eigenvalue weighted by Gasteiger charge is 2.36. The molecule has 1 N–H and O–H groups in total. The summed E-state index contributed by atoms with van der Waals surface area (Å²) in [5, 5.41) is 3.25. The number of rotatable bonds is 7. The standard InChI is InChI=1S/C30H28F3N3O3S/c1-18(2)24-13-4-19(3)14-25(24)27-26(37)17-40-28(27)36-29(38)35-22-9-5-20(6-10-22)15-34-16-21-7-11-23(12-8-21)39-30(31,32)33/h4-14,16,18,27H,15,17H2,1-3H3,(H,35,38). The Morgan fingerprint density at radius 1 is 1.10 bits per heavy atom. The first kappa shape index (κ1) is 29.1. The topological polar surface area (TPSA) is 80.1 Å². The molecule has 1 atom stereocenters. The Morgan fingerprint density at radius 2 is 1.80 bits per heavy atom. The van der Waals surface area contributed by atoms with Gasteiger partial charge in [0.2, 0.25) is 0 Å². The number of aryl methyl sites for hydroxylation is 1. The summed E-state index contributed by atoms with van der Waals surface area (Å²) in [5.41, 5.74) is 5.08. The molecule has 0 saturated carbocycles. The molecule has 0 radical (unpaired) electrons. The van der Waals surface area contributed by atoms with Crippen molar-refractivity contribution in [1.29, 1.82) is 0 Å². The molecule has 0 spiro atoms. The number of hydrogen-bond acceptors (Lipinski definition) is 5. The van der Waals surface area contributed by atoms with Crippen molar-refractivity contribution in [3.63, 3.8) is 0 Å². The van der Waals surface area contributed by atoms with E-state index in [0.717, 1.165) is 22.3 Å². The van der Waals surface area contributed by atoms with Crippen molar-refractivity contribution in [3.8, 4) is 5.75 Å². The molecule has 6 nitrogen and oxygen atoms in total. The van der Waals surface area contributed by atoms with Gasteiger partial charge in [0.15, 0.2) is 5.78 Å². The second-order valence-electron chi connectivity index (χ2n) is 9.64. The van der Waals surface area contributed by atoms with Gasteiger partial charge in [0.1, 0.15) is 5.75 Å². The minimum absolute atomic E-state index is 0.0412. The maximum absolute atomic E-state index is 12.8. The van der Waals surface area contributed by atoms with Crippen LogP contribution in [-0.2, 0) is 11.3 Å². The van der Waals surface area contributed by atoms with E-state index in [1.165, 1.54) is 36.0 Å². The lowest BCUT2D eigenvalue weighted by Crippen LogP contribution is -2.18. The van der Waals surface area contributed by atoms with E-state index in [-0.39, 0.29) is 23.2 Å². The molecule has 4 rings (SSSR count). The van der Waals surface area contributed by atoms with Gasteiger partial charge in [-0.2, -0.15) is 4.99 Å². The lowest BCUT2D eigenvalue weighted by molar-refractivity contribution is -0.274. The van der Waals surface area contributed by atoms with Crippen molar-refractivity contribution < 1.29 is 27.5 Å². The Bertz CT molecular complexity index is 1430. The quantitative estimate of drug-likeness (QED) is 0.297. The number of benzene rings is 3. The van der Waals surface area contributed by atoms with Crippen LogP contribution < -0.4 is 10.1 Å². The van der Waals surface area contributed by atoms with Gasteiger partial charge < -0.3 is 10.1 Å². The van der Waals surface area contributed by atoms with Gasteiger partial charge in [-0.05, 0) is 71.5 Å². The van der Waals surface area contributed by atoms with E-state index < -0.39 is 18.3 Å². The molecule has 2 amide bonds. The Morgan fingerprint density at radius 3 is 2.45 bits per heavy atom. The van der Waals surface area contributed by atoms with Gasteiger partial charge in [-0.3, -0.25) is 9.79 Å². The molecule has 40 heavy (non-hydrogen) atoms. The molecule has 208 valence electrons. The number of thioether (sulfide) groups is 1. The molecule has 1 unspecified atom stereocenters. The van der Waals surface area contributed by atoms with E-state index in [2.05, 4.69) is 33.9 Å². The van der Waals surface area contributed by atoms with Crippen LogP contribution in [0, 0.1) is 6.92 Å². The lowest BCUT2D eigenvalue weighted by atomic mass is 9.86. The minimum Gasteiger partial charge on any atom is -0.406 e. The van der Waals surface area contributed by atoms with Gasteiger partial charge in [0, 0.05) is 11.9 Å². The second kappa shape index (κ2) is 12.5. The number of ether oxygens (including phenoxy) is 1. The molecule has 3 aromatic carbocycles. The van der Waals surface area contributed by atoms with Crippen molar-refractivity contribution in [1.82, 2.24) is 0 Å². The average molecular weight is 568 g/mol. The average Bonchev–Trinajstić information content (AvgIpc) is 3.24. The summed E-state index contributed by atoms with van der Waals surface area (Å²) in [6, 6.07) is 18.0. The first-order chi connectivity index (χ1) is 19.0. The molecule has 0 bridgehead atoms. The zero-order valence-electron chi connectivity index (χ0n) is 22.2. The summed E-state index contributed by atoms with van der Waals surface area (Å²) in [4.78, 5) is 34.1. The fourth-order valence-electron chi connectivity index (χ4n) is 4.28. The maximum Gasteiger partial charge on any atom is 0.573 e. The molecule has 1 saturated heterocycles. The van der Waals surface area contributed by atoms with E-state index in [0.29, 0.717) is 22.8 Å². The summed E-state index contributed by atoms with van der Waals surface area (Å²) in [7, 11) is 0. The normalized spacial score (nSPS) is 16.7. The van der Waals surface area contributed by atoms with Crippen LogP contribution in [0.25, 0.3) is 0 Å². The number of alkyl halides is 3. The number of urea groups is 1. The Balaban J connectivity index is 1.37. The van der Waals surface area contributed by atoms with Crippen LogP contribution in [0.1, 0.15) is 53.5 Å². The smallest absolute Gasteiger partial charge is 0.406 e. The number of aliphatic imine (C=N–C) groups is 2. The predicted molar refractivity (Wildman–Crippen MR) is 153 cm³/mol. The number of nitrogens with one attached hydrogen (secondary N) is 1. The number of halogens is 3. The van der Waals surface area contributed by atoms with Gasteiger partial charge in [-0.25, -0.2) is 4.79 Å². The predicted octanol–water partition coefficient (Wildman–Crippen LogP) is 7.67. The molecule has 1 fully saturated rings. The van der Waals surface area contributed by atoms with E-state index in [1.54, 1.807) is 30.5 Å². The number of Topliss-reactive ketones (excluding diaryl/α,β-unsaturated/α-hetero) is 1. The van der Waals surface area contributed by atoms with Crippen LogP contribution in [0.3, 0.4) is 0 Å². The molecular formula is C30H28F3N3O3S. The molecular weight excluding hydrogens is 539 g/mol. The zero-order chi connectivity index (χ0) is 28.9. The van der Waals surface area contributed by atoms with Crippen LogP contribution in [0.4, 0.5) is 23.7 Å². The maximum atomic E-state index is 12.8. The third kappa shape index (κ3) is 7.81. The van der Waals surface area contributed by atoms with Gasteiger partial charge >= 0.3 is 12.4 Å². The molecule has 3 aromatic rings. The number of anilines is 1. The summed E-state index contributed by atoms with van der Waals surface area (Å²) < 4.78 is 40.7. The third-order valence-electron chi connectivity index (χ3n) is 6.15. The SMILES string of the molecule is Cc1ccc(C(C)C)c(C2C(=O)CSC2=NC(=O)Nc2ccc(CN=Cc3ccc(OC(F)(F)F)cc3)cc2)c1. The van der Waals surface area contributed by atoms with E-state index in [4.69, 9.17) is 0 Å². The molecule has 0 aliphatic carbocycles. The van der Waals surface area contributed by atoms with Crippen molar-refractivity contribution >= 4 is 40.5 Å². The molecule has 10 heteroatoms. The van der Waals surface area contributed by atoms with Crippen LogP contribution in [0.5, 0.6) is 5.75 Å². The number of carbonyl (C=O) groups excluding carboxylic acids is 2. The monoisotopic (exact) mass is 567 g/mol. The van der Waals surface area contributed by atoms with E-state index >= 15 is 0 Å². The van der Waals surface area contributed by atoms with Crippen molar-refractivity contribution in [2.45, 2.75) is 45.5 Å². The second-order valence-corrected chi connectivity index (χ2v) is 10.6. The fraction of sp³-hybridized carbons (Fsp3) is 0.267. The van der Waals surface area contributed by atoms with Gasteiger partial charge in [-0.1, -0.05) is 49.7 Å². The number of ketones is 1. The summed E-state index contributed by atoms with van der Waals surface area (Å²) in [6.45, 7) is 6.47. The first-order valence-electron chi connectivity index (χ1n) is 12.6. The highest BCUT2D eigenvalue weighted by molar-refractivity contribution is 8.15. The number of amides is 2. The lowest BCUT2D eigenvalue weighted by Gasteiger charge is -2.18. The molecule has 1 aliphatic heterocycles. The first-order valence-corrected chi connectivity index (χ1v) is 13.6. The highest BCUT2D eigenvalue weighted by Crippen LogP contribution is 2.37. The van der Waals surface area contributed by atoms with Crippen LogP contribution >= 0.6 is 11.8 Å². The summed E-state index contributed by atoms with van der Waals surface area (Å²) >= 11 is 1.30. The van der Waals surface area contributed by atoms with Crippen molar-refractivity contribution in [3.05, 3.63) is 94.5 Å². The summed E-state index contributed by atoms with van der Waals surface area (Å²) in [6.07, 6.45) is -3.18. The minimum atomic E-state index is -4.73. The van der Waals surface area contributed by atoms with Gasteiger partial charge in [0.05, 0.1) is 23.3 Å². The zero-order valence-corrected chi connectivity index (χ0v) is 23.0. The van der Waals surface area contributed by atoms with Crippen LogP contribution in [0.2, 0.25) is 0 Å².